The highest BCUT2D eigenvalue weighted by Gasteiger charge is 2.23. The molecule has 3 heteroatoms. The molecule has 0 aromatic carbocycles. The van der Waals surface area contributed by atoms with E-state index in [0.717, 1.165) is 19.0 Å². The molecule has 0 radical (unpaired) electrons. The molecule has 0 aromatic heterocycles. The van der Waals surface area contributed by atoms with Crippen LogP contribution in [-0.4, -0.2) is 50.7 Å². The fourth-order valence-corrected chi connectivity index (χ4v) is 2.14. The highest BCUT2D eigenvalue weighted by molar-refractivity contribution is 4.83. The molecule has 84 valence electrons. The first kappa shape index (κ1) is 12.0. The minimum absolute atomic E-state index is 0.641. The van der Waals surface area contributed by atoms with Gasteiger partial charge in [0.15, 0.2) is 0 Å². The third kappa shape index (κ3) is 3.23. The standard InChI is InChI=1S/C11H25N3/c1-9(2)11(12-3)7-10-8-13-5-6-14(10)4/h9-13H,5-8H2,1-4H3. The zero-order valence-electron chi connectivity index (χ0n) is 10.0. The third-order valence-electron chi connectivity index (χ3n) is 3.35. The van der Waals surface area contributed by atoms with Crippen LogP contribution in [0.1, 0.15) is 20.3 Å². The Morgan fingerprint density at radius 1 is 1.50 bits per heavy atom. The fourth-order valence-electron chi connectivity index (χ4n) is 2.14. The Morgan fingerprint density at radius 3 is 2.71 bits per heavy atom. The van der Waals surface area contributed by atoms with Crippen LogP contribution in [0.3, 0.4) is 0 Å². The van der Waals surface area contributed by atoms with E-state index in [9.17, 15) is 0 Å². The second-order valence-electron chi connectivity index (χ2n) is 4.71. The number of piperazine rings is 1. The number of likely N-dealkylation sites (N-methyl/N-ethyl adjacent to an activating group) is 1. The molecule has 1 rings (SSSR count). The van der Waals surface area contributed by atoms with Gasteiger partial charge in [0.1, 0.15) is 0 Å². The SMILES string of the molecule is CNC(CC1CNCCN1C)C(C)C. The molecule has 1 saturated heterocycles. The summed E-state index contributed by atoms with van der Waals surface area (Å²) in [5, 5.41) is 6.88. The lowest BCUT2D eigenvalue weighted by Gasteiger charge is -2.36. The molecule has 1 heterocycles. The van der Waals surface area contributed by atoms with Crippen molar-refractivity contribution < 1.29 is 0 Å². The van der Waals surface area contributed by atoms with Gasteiger partial charge in [0, 0.05) is 31.7 Å². The van der Waals surface area contributed by atoms with Crippen LogP contribution in [-0.2, 0) is 0 Å². The van der Waals surface area contributed by atoms with Crippen LogP contribution in [0.25, 0.3) is 0 Å². The second-order valence-corrected chi connectivity index (χ2v) is 4.71. The van der Waals surface area contributed by atoms with Crippen LogP contribution >= 0.6 is 0 Å². The van der Waals surface area contributed by atoms with Gasteiger partial charge in [-0.05, 0) is 26.4 Å². The average Bonchev–Trinajstić information content (AvgIpc) is 2.16. The van der Waals surface area contributed by atoms with Gasteiger partial charge in [-0.25, -0.2) is 0 Å². The van der Waals surface area contributed by atoms with Crippen LogP contribution in [0.5, 0.6) is 0 Å². The summed E-state index contributed by atoms with van der Waals surface area (Å²) in [7, 11) is 4.31. The number of nitrogens with zero attached hydrogens (tertiary/aromatic N) is 1. The third-order valence-corrected chi connectivity index (χ3v) is 3.35. The van der Waals surface area contributed by atoms with Gasteiger partial charge in [-0.1, -0.05) is 13.8 Å². The minimum Gasteiger partial charge on any atom is -0.317 e. The molecular weight excluding hydrogens is 174 g/mol. The number of rotatable bonds is 4. The van der Waals surface area contributed by atoms with Gasteiger partial charge in [-0.2, -0.15) is 0 Å². The van der Waals surface area contributed by atoms with E-state index in [2.05, 4.69) is 43.5 Å². The van der Waals surface area contributed by atoms with Crippen LogP contribution in [0.15, 0.2) is 0 Å². The second kappa shape index (κ2) is 5.69. The van der Waals surface area contributed by atoms with E-state index in [4.69, 9.17) is 0 Å². The Bertz CT molecular complexity index is 159. The quantitative estimate of drug-likeness (QED) is 0.691. The first-order valence-corrected chi connectivity index (χ1v) is 5.73. The molecule has 0 aromatic rings. The zero-order valence-corrected chi connectivity index (χ0v) is 10.0. The molecule has 0 aliphatic carbocycles. The topological polar surface area (TPSA) is 27.3 Å². The lowest BCUT2D eigenvalue weighted by Crippen LogP contribution is -2.52. The van der Waals surface area contributed by atoms with E-state index >= 15 is 0 Å². The molecule has 1 fully saturated rings. The van der Waals surface area contributed by atoms with Gasteiger partial charge in [0.2, 0.25) is 0 Å². The van der Waals surface area contributed by atoms with Crippen molar-refractivity contribution in [2.24, 2.45) is 5.92 Å². The summed E-state index contributed by atoms with van der Waals surface area (Å²) in [5.41, 5.74) is 0. The van der Waals surface area contributed by atoms with Crippen molar-refractivity contribution in [1.29, 1.82) is 0 Å². The monoisotopic (exact) mass is 199 g/mol. The lowest BCUT2D eigenvalue weighted by molar-refractivity contribution is 0.168. The van der Waals surface area contributed by atoms with Gasteiger partial charge in [-0.3, -0.25) is 0 Å². The summed E-state index contributed by atoms with van der Waals surface area (Å²) in [4.78, 5) is 2.48. The van der Waals surface area contributed by atoms with Crippen LogP contribution < -0.4 is 10.6 Å². The van der Waals surface area contributed by atoms with Crippen molar-refractivity contribution in [3.63, 3.8) is 0 Å². The van der Waals surface area contributed by atoms with E-state index in [0.29, 0.717) is 12.1 Å². The normalized spacial score (nSPS) is 26.8. The maximum atomic E-state index is 3.46. The molecule has 0 spiro atoms. The van der Waals surface area contributed by atoms with Crippen molar-refractivity contribution >= 4 is 0 Å². The number of hydrogen-bond donors (Lipinski definition) is 2. The summed E-state index contributed by atoms with van der Waals surface area (Å²) < 4.78 is 0. The molecule has 0 bridgehead atoms. The van der Waals surface area contributed by atoms with Crippen LogP contribution in [0, 0.1) is 5.92 Å². The van der Waals surface area contributed by atoms with Crippen LogP contribution in [0.4, 0.5) is 0 Å². The van der Waals surface area contributed by atoms with Crippen molar-refractivity contribution in [3.05, 3.63) is 0 Å². The predicted octanol–water partition coefficient (Wildman–Crippen LogP) is 0.524. The minimum atomic E-state index is 0.641. The van der Waals surface area contributed by atoms with Gasteiger partial charge < -0.3 is 15.5 Å². The lowest BCUT2D eigenvalue weighted by atomic mass is 9.95. The van der Waals surface area contributed by atoms with Crippen molar-refractivity contribution in [2.45, 2.75) is 32.4 Å². The van der Waals surface area contributed by atoms with Crippen molar-refractivity contribution in [2.75, 3.05) is 33.7 Å². The molecule has 0 amide bonds. The van der Waals surface area contributed by atoms with E-state index in [1.165, 1.54) is 13.0 Å². The fraction of sp³-hybridized carbons (Fsp3) is 1.00. The predicted molar refractivity (Wildman–Crippen MR) is 61.6 cm³/mol. The molecular formula is C11H25N3. The average molecular weight is 199 g/mol. The molecule has 2 N–H and O–H groups in total. The van der Waals surface area contributed by atoms with E-state index < -0.39 is 0 Å². The van der Waals surface area contributed by atoms with Gasteiger partial charge in [-0.15, -0.1) is 0 Å². The molecule has 3 nitrogen and oxygen atoms in total. The summed E-state index contributed by atoms with van der Waals surface area (Å²) in [5.74, 6) is 0.718. The smallest absolute Gasteiger partial charge is 0.0233 e. The molecule has 0 saturated carbocycles. The first-order chi connectivity index (χ1) is 6.65. The summed E-state index contributed by atoms with van der Waals surface area (Å²) in [6.07, 6.45) is 1.25. The molecule has 1 aliphatic heterocycles. The molecule has 1 aliphatic rings. The maximum Gasteiger partial charge on any atom is 0.0233 e. The maximum absolute atomic E-state index is 3.46. The summed E-state index contributed by atoms with van der Waals surface area (Å²) in [6.45, 7) is 8.04. The van der Waals surface area contributed by atoms with Gasteiger partial charge in [0.25, 0.3) is 0 Å². The Hall–Kier alpha value is -0.120. The molecule has 2 unspecified atom stereocenters. The van der Waals surface area contributed by atoms with Gasteiger partial charge in [0.05, 0.1) is 0 Å². The molecule has 2 atom stereocenters. The Labute approximate surface area is 88.2 Å². The summed E-state index contributed by atoms with van der Waals surface area (Å²) >= 11 is 0. The van der Waals surface area contributed by atoms with Crippen molar-refractivity contribution in [3.8, 4) is 0 Å². The Balaban J connectivity index is 2.39. The van der Waals surface area contributed by atoms with Crippen molar-refractivity contribution in [1.82, 2.24) is 15.5 Å². The number of hydrogen-bond acceptors (Lipinski definition) is 3. The Morgan fingerprint density at radius 2 is 2.21 bits per heavy atom. The van der Waals surface area contributed by atoms with Crippen LogP contribution in [0.2, 0.25) is 0 Å². The highest BCUT2D eigenvalue weighted by atomic mass is 15.2. The van der Waals surface area contributed by atoms with E-state index in [-0.39, 0.29) is 0 Å². The first-order valence-electron chi connectivity index (χ1n) is 5.73. The largest absolute Gasteiger partial charge is 0.317 e. The van der Waals surface area contributed by atoms with E-state index in [1.54, 1.807) is 0 Å². The number of nitrogens with one attached hydrogen (secondary N) is 2. The zero-order chi connectivity index (χ0) is 10.6. The van der Waals surface area contributed by atoms with E-state index in [1.807, 2.05) is 0 Å². The highest BCUT2D eigenvalue weighted by Crippen LogP contribution is 2.13. The Kier molecular flexibility index (Phi) is 4.85. The van der Waals surface area contributed by atoms with Gasteiger partial charge >= 0.3 is 0 Å². The molecule has 14 heavy (non-hydrogen) atoms. The summed E-state index contributed by atoms with van der Waals surface area (Å²) in [6, 6.07) is 1.34.